The minimum absolute atomic E-state index is 0.160. The zero-order valence-electron chi connectivity index (χ0n) is 12.1. The fourth-order valence-corrected chi connectivity index (χ4v) is 2.87. The fraction of sp³-hybridized carbons (Fsp3) is 0.562. The van der Waals surface area contributed by atoms with Gasteiger partial charge >= 0.3 is 0 Å². The summed E-state index contributed by atoms with van der Waals surface area (Å²) in [7, 11) is 0. The molecular formula is C16H23FN2O. The van der Waals surface area contributed by atoms with Crippen molar-refractivity contribution in [3.8, 4) is 0 Å². The van der Waals surface area contributed by atoms with E-state index < -0.39 is 0 Å². The maximum atomic E-state index is 13.3. The number of carbonyl (C=O) groups excluding carboxylic acids is 1. The summed E-state index contributed by atoms with van der Waals surface area (Å²) in [5.74, 6) is 0.492. The minimum atomic E-state index is -0.305. The molecule has 0 spiro atoms. The first-order chi connectivity index (χ1) is 9.60. The molecule has 20 heavy (non-hydrogen) atoms. The van der Waals surface area contributed by atoms with Gasteiger partial charge < -0.3 is 10.6 Å². The van der Waals surface area contributed by atoms with E-state index in [2.05, 4.69) is 6.92 Å². The van der Waals surface area contributed by atoms with Gasteiger partial charge in [0.1, 0.15) is 5.82 Å². The van der Waals surface area contributed by atoms with Crippen molar-refractivity contribution in [1.82, 2.24) is 4.90 Å². The van der Waals surface area contributed by atoms with Crippen LogP contribution in [0.5, 0.6) is 0 Å². The van der Waals surface area contributed by atoms with Gasteiger partial charge in [0.25, 0.3) is 0 Å². The van der Waals surface area contributed by atoms with Gasteiger partial charge in [-0.15, -0.1) is 0 Å². The molecule has 1 fully saturated rings. The quantitative estimate of drug-likeness (QED) is 0.859. The molecule has 110 valence electrons. The number of benzene rings is 1. The number of anilines is 1. The Balaban J connectivity index is 2.04. The monoisotopic (exact) mass is 278 g/mol. The molecule has 1 aliphatic rings. The molecule has 0 saturated carbocycles. The average Bonchev–Trinajstić information content (AvgIpc) is 2.59. The number of halogens is 1. The van der Waals surface area contributed by atoms with Crippen LogP contribution in [-0.4, -0.2) is 17.4 Å². The summed E-state index contributed by atoms with van der Waals surface area (Å²) in [5.41, 5.74) is 7.11. The molecule has 1 aromatic carbocycles. The Labute approximate surface area is 120 Å². The van der Waals surface area contributed by atoms with Crippen molar-refractivity contribution in [2.75, 3.05) is 12.3 Å². The molecule has 0 bridgehead atoms. The lowest BCUT2D eigenvalue weighted by molar-refractivity contribution is -0.131. The third-order valence-corrected chi connectivity index (χ3v) is 4.09. The van der Waals surface area contributed by atoms with Crippen LogP contribution in [0.3, 0.4) is 0 Å². The van der Waals surface area contributed by atoms with Gasteiger partial charge in [-0.3, -0.25) is 4.79 Å². The predicted molar refractivity (Wildman–Crippen MR) is 78.5 cm³/mol. The second-order valence-corrected chi connectivity index (χ2v) is 5.64. The van der Waals surface area contributed by atoms with Gasteiger partial charge in [0.05, 0.1) is 0 Å². The Bertz CT molecular complexity index is 476. The highest BCUT2D eigenvalue weighted by atomic mass is 19.1. The van der Waals surface area contributed by atoms with Crippen LogP contribution in [-0.2, 0) is 11.3 Å². The predicted octanol–water partition coefficient (Wildman–Crippen LogP) is 3.34. The highest BCUT2D eigenvalue weighted by Gasteiger charge is 2.22. The summed E-state index contributed by atoms with van der Waals surface area (Å²) in [6, 6.07) is 4.34. The van der Waals surface area contributed by atoms with Crippen molar-refractivity contribution in [3.63, 3.8) is 0 Å². The summed E-state index contributed by atoms with van der Waals surface area (Å²) < 4.78 is 13.3. The smallest absolute Gasteiger partial charge is 0.222 e. The third-order valence-electron chi connectivity index (χ3n) is 4.09. The van der Waals surface area contributed by atoms with Crippen molar-refractivity contribution in [1.29, 1.82) is 0 Å². The summed E-state index contributed by atoms with van der Waals surface area (Å²) in [5, 5.41) is 0. The number of amides is 1. The molecule has 2 N–H and O–H groups in total. The Morgan fingerprint density at radius 2 is 2.20 bits per heavy atom. The molecule has 1 unspecified atom stereocenters. The van der Waals surface area contributed by atoms with Crippen LogP contribution in [0.1, 0.15) is 44.6 Å². The van der Waals surface area contributed by atoms with Gasteiger partial charge in [-0.25, -0.2) is 4.39 Å². The minimum Gasteiger partial charge on any atom is -0.398 e. The highest BCUT2D eigenvalue weighted by molar-refractivity contribution is 5.76. The lowest BCUT2D eigenvalue weighted by Gasteiger charge is -2.22. The summed E-state index contributed by atoms with van der Waals surface area (Å²) in [6.45, 7) is 3.35. The second kappa shape index (κ2) is 6.73. The van der Waals surface area contributed by atoms with E-state index in [0.29, 0.717) is 30.1 Å². The molecule has 4 heteroatoms. The van der Waals surface area contributed by atoms with Crippen molar-refractivity contribution >= 4 is 11.6 Å². The summed E-state index contributed by atoms with van der Waals surface area (Å²) in [4.78, 5) is 14.0. The molecule has 0 aromatic heterocycles. The van der Waals surface area contributed by atoms with Crippen LogP contribution in [0.4, 0.5) is 10.1 Å². The lowest BCUT2D eigenvalue weighted by atomic mass is 9.96. The average molecular weight is 278 g/mol. The van der Waals surface area contributed by atoms with Crippen LogP contribution in [0.15, 0.2) is 18.2 Å². The molecule has 0 radical (unpaired) electrons. The van der Waals surface area contributed by atoms with Crippen molar-refractivity contribution in [3.05, 3.63) is 29.6 Å². The van der Waals surface area contributed by atoms with E-state index in [1.165, 1.54) is 18.6 Å². The van der Waals surface area contributed by atoms with Crippen LogP contribution in [0.25, 0.3) is 0 Å². The van der Waals surface area contributed by atoms with Gasteiger partial charge in [-0.05, 0) is 42.5 Å². The van der Waals surface area contributed by atoms with Gasteiger partial charge in [0.2, 0.25) is 5.91 Å². The Morgan fingerprint density at radius 1 is 1.40 bits per heavy atom. The number of hydrogen-bond acceptors (Lipinski definition) is 2. The first-order valence-electron chi connectivity index (χ1n) is 7.41. The fourth-order valence-electron chi connectivity index (χ4n) is 2.87. The zero-order chi connectivity index (χ0) is 14.5. The van der Waals surface area contributed by atoms with Gasteiger partial charge in [0, 0.05) is 25.2 Å². The standard InChI is InChI=1S/C16H23FN2O/c1-2-3-12-4-7-16(20)19(9-8-12)11-13-10-14(17)5-6-15(13)18/h5-6,10,12H,2-4,7-9,11,18H2,1H3. The van der Waals surface area contributed by atoms with Gasteiger partial charge in [-0.1, -0.05) is 19.8 Å². The maximum Gasteiger partial charge on any atom is 0.222 e. The number of nitrogens with zero attached hydrogens (tertiary/aromatic N) is 1. The molecule has 3 nitrogen and oxygen atoms in total. The number of hydrogen-bond donors (Lipinski definition) is 1. The second-order valence-electron chi connectivity index (χ2n) is 5.64. The number of carbonyl (C=O) groups is 1. The van der Waals surface area contributed by atoms with E-state index in [1.807, 2.05) is 4.90 Å². The highest BCUT2D eigenvalue weighted by Crippen LogP contribution is 2.24. The van der Waals surface area contributed by atoms with E-state index in [1.54, 1.807) is 6.07 Å². The van der Waals surface area contributed by atoms with Crippen molar-refractivity contribution in [2.45, 2.75) is 45.6 Å². The van der Waals surface area contributed by atoms with Crippen LogP contribution in [0.2, 0.25) is 0 Å². The molecule has 1 atom stereocenters. The molecule has 2 rings (SSSR count). The van der Waals surface area contributed by atoms with Gasteiger partial charge in [-0.2, -0.15) is 0 Å². The molecular weight excluding hydrogens is 255 g/mol. The number of nitrogens with two attached hydrogens (primary N) is 1. The molecule has 1 saturated heterocycles. The SMILES string of the molecule is CCCC1CCC(=O)N(Cc2cc(F)ccc2N)CC1. The van der Waals surface area contributed by atoms with E-state index >= 15 is 0 Å². The van der Waals surface area contributed by atoms with E-state index in [4.69, 9.17) is 5.73 Å². The normalized spacial score (nSPS) is 20.0. The largest absolute Gasteiger partial charge is 0.398 e. The van der Waals surface area contributed by atoms with E-state index in [9.17, 15) is 9.18 Å². The molecule has 1 aliphatic heterocycles. The number of likely N-dealkylation sites (tertiary alicyclic amines) is 1. The first kappa shape index (κ1) is 14.8. The topological polar surface area (TPSA) is 46.3 Å². The first-order valence-corrected chi connectivity index (χ1v) is 7.41. The van der Waals surface area contributed by atoms with Gasteiger partial charge in [0.15, 0.2) is 0 Å². The molecule has 1 aromatic rings. The van der Waals surface area contributed by atoms with E-state index in [-0.39, 0.29) is 11.7 Å². The lowest BCUT2D eigenvalue weighted by Crippen LogP contribution is -2.30. The number of nitrogen functional groups attached to an aromatic ring is 1. The summed E-state index contributed by atoms with van der Waals surface area (Å²) in [6.07, 6.45) is 4.95. The molecule has 1 heterocycles. The molecule has 1 amide bonds. The molecule has 0 aliphatic carbocycles. The van der Waals surface area contributed by atoms with Crippen LogP contribution >= 0.6 is 0 Å². The van der Waals surface area contributed by atoms with Crippen molar-refractivity contribution in [2.24, 2.45) is 5.92 Å². The van der Waals surface area contributed by atoms with Crippen LogP contribution < -0.4 is 5.73 Å². The number of rotatable bonds is 4. The Kier molecular flexibility index (Phi) is 4.99. The van der Waals surface area contributed by atoms with E-state index in [0.717, 1.165) is 25.8 Å². The summed E-state index contributed by atoms with van der Waals surface area (Å²) >= 11 is 0. The third kappa shape index (κ3) is 3.71. The van der Waals surface area contributed by atoms with Crippen LogP contribution in [0, 0.1) is 11.7 Å². The zero-order valence-corrected chi connectivity index (χ0v) is 12.1. The maximum absolute atomic E-state index is 13.3. The van der Waals surface area contributed by atoms with Crippen molar-refractivity contribution < 1.29 is 9.18 Å². The Morgan fingerprint density at radius 3 is 2.95 bits per heavy atom. The Hall–Kier alpha value is -1.58.